The van der Waals surface area contributed by atoms with Gasteiger partial charge in [-0.15, -0.1) is 0 Å². The molecule has 0 saturated carbocycles. The van der Waals surface area contributed by atoms with Crippen molar-refractivity contribution in [3.63, 3.8) is 0 Å². The topological polar surface area (TPSA) is 113 Å². The number of nitro groups is 1. The molecular formula is C23H24N6O3. The number of para-hydroxylation sites is 1. The summed E-state index contributed by atoms with van der Waals surface area (Å²) in [6, 6.07) is 17.5. The molecule has 164 valence electrons. The second kappa shape index (κ2) is 9.42. The van der Waals surface area contributed by atoms with E-state index in [9.17, 15) is 14.9 Å². The van der Waals surface area contributed by atoms with Crippen molar-refractivity contribution in [3.05, 3.63) is 76.5 Å². The van der Waals surface area contributed by atoms with Crippen LogP contribution in [0.1, 0.15) is 18.5 Å². The molecule has 9 nitrogen and oxygen atoms in total. The van der Waals surface area contributed by atoms with Crippen molar-refractivity contribution in [2.45, 2.75) is 25.8 Å². The normalized spacial score (nSPS) is 14.1. The lowest BCUT2D eigenvalue weighted by Gasteiger charge is -2.33. The summed E-state index contributed by atoms with van der Waals surface area (Å²) in [5.74, 6) is 1.25. The lowest BCUT2D eigenvalue weighted by Crippen LogP contribution is -2.46. The van der Waals surface area contributed by atoms with E-state index in [1.165, 1.54) is 12.1 Å². The predicted molar refractivity (Wildman–Crippen MR) is 123 cm³/mol. The number of nitrogens with one attached hydrogen (secondary N) is 2. The quantitative estimate of drug-likeness (QED) is 0.462. The molecule has 9 heteroatoms. The van der Waals surface area contributed by atoms with Gasteiger partial charge in [-0.25, -0.2) is 14.8 Å². The van der Waals surface area contributed by atoms with Crippen molar-refractivity contribution in [2.24, 2.45) is 0 Å². The molecule has 0 unspecified atom stereocenters. The Kier molecular flexibility index (Phi) is 6.25. The van der Waals surface area contributed by atoms with Gasteiger partial charge in [0.1, 0.15) is 5.82 Å². The first-order valence-electron chi connectivity index (χ1n) is 10.5. The fourth-order valence-corrected chi connectivity index (χ4v) is 3.73. The van der Waals surface area contributed by atoms with Gasteiger partial charge in [0.15, 0.2) is 5.82 Å². The van der Waals surface area contributed by atoms with Gasteiger partial charge in [-0.1, -0.05) is 30.3 Å². The van der Waals surface area contributed by atoms with Gasteiger partial charge >= 0.3 is 6.03 Å². The Hall–Kier alpha value is -4.01. The van der Waals surface area contributed by atoms with E-state index in [1.807, 2.05) is 43.3 Å². The number of aryl methyl sites for hydroxylation is 1. The molecule has 2 aromatic carbocycles. The molecule has 4 rings (SSSR count). The summed E-state index contributed by atoms with van der Waals surface area (Å²) >= 11 is 0. The first kappa shape index (κ1) is 21.2. The first-order valence-corrected chi connectivity index (χ1v) is 10.5. The highest BCUT2D eigenvalue weighted by Gasteiger charge is 2.22. The number of aromatic nitrogens is 2. The number of carbonyl (C=O) groups is 1. The van der Waals surface area contributed by atoms with E-state index in [-0.39, 0.29) is 17.8 Å². The molecule has 3 aromatic rings. The molecule has 0 bridgehead atoms. The maximum Gasteiger partial charge on any atom is 0.319 e. The molecule has 1 fully saturated rings. The summed E-state index contributed by atoms with van der Waals surface area (Å²) in [6.07, 6.45) is 1.58. The predicted octanol–water partition coefficient (Wildman–Crippen LogP) is 4.15. The maximum atomic E-state index is 12.2. The molecule has 1 aliphatic heterocycles. The lowest BCUT2D eigenvalue weighted by molar-refractivity contribution is -0.384. The molecule has 0 aliphatic carbocycles. The van der Waals surface area contributed by atoms with Crippen molar-refractivity contribution in [1.29, 1.82) is 0 Å². The molecule has 0 atom stereocenters. The highest BCUT2D eigenvalue weighted by Crippen LogP contribution is 2.25. The molecule has 0 spiro atoms. The van der Waals surface area contributed by atoms with Gasteiger partial charge in [-0.3, -0.25) is 10.1 Å². The van der Waals surface area contributed by atoms with Crippen molar-refractivity contribution in [3.8, 4) is 11.4 Å². The zero-order chi connectivity index (χ0) is 22.5. The smallest absolute Gasteiger partial charge is 0.319 e. The molecule has 1 aromatic heterocycles. The Balaban J connectivity index is 1.40. The summed E-state index contributed by atoms with van der Waals surface area (Å²) < 4.78 is 0. The number of hydrogen-bond donors (Lipinski definition) is 2. The molecule has 1 saturated heterocycles. The number of nitrogens with zero attached hydrogens (tertiary/aromatic N) is 4. The van der Waals surface area contributed by atoms with Crippen molar-refractivity contribution in [1.82, 2.24) is 15.3 Å². The highest BCUT2D eigenvalue weighted by molar-refractivity contribution is 5.89. The van der Waals surface area contributed by atoms with E-state index in [1.54, 1.807) is 12.1 Å². The van der Waals surface area contributed by atoms with E-state index in [0.717, 1.165) is 43.1 Å². The Labute approximate surface area is 185 Å². The average Bonchev–Trinajstić information content (AvgIpc) is 2.80. The Bertz CT molecular complexity index is 1110. The summed E-state index contributed by atoms with van der Waals surface area (Å²) in [5, 5.41) is 17.0. The number of nitro benzene ring substituents is 1. The minimum atomic E-state index is -0.425. The number of carbonyl (C=O) groups excluding carboxylic acids is 1. The van der Waals surface area contributed by atoms with Crippen LogP contribution in [-0.4, -0.2) is 40.1 Å². The average molecular weight is 432 g/mol. The zero-order valence-electron chi connectivity index (χ0n) is 17.7. The minimum absolute atomic E-state index is 0.00910. The van der Waals surface area contributed by atoms with Gasteiger partial charge in [0.25, 0.3) is 5.69 Å². The SMILES string of the molecule is Cc1cc(N2CCC(NC(=O)Nc3ccccc3)CC2)nc(-c2cccc([N+](=O)[O-])c2)n1. The van der Waals surface area contributed by atoms with E-state index in [4.69, 9.17) is 0 Å². The number of anilines is 2. The minimum Gasteiger partial charge on any atom is -0.356 e. The van der Waals surface area contributed by atoms with Gasteiger partial charge in [0, 0.05) is 54.3 Å². The number of benzene rings is 2. The lowest BCUT2D eigenvalue weighted by atomic mass is 10.1. The first-order chi connectivity index (χ1) is 15.5. The Morgan fingerprint density at radius 3 is 2.53 bits per heavy atom. The monoisotopic (exact) mass is 432 g/mol. The van der Waals surface area contributed by atoms with Crippen LogP contribution in [0.2, 0.25) is 0 Å². The number of urea groups is 1. The van der Waals surface area contributed by atoms with E-state index in [0.29, 0.717) is 11.4 Å². The summed E-state index contributed by atoms with van der Waals surface area (Å²) in [7, 11) is 0. The van der Waals surface area contributed by atoms with Gasteiger partial charge in [-0.2, -0.15) is 0 Å². The van der Waals surface area contributed by atoms with Crippen LogP contribution in [-0.2, 0) is 0 Å². The van der Waals surface area contributed by atoms with Crippen LogP contribution >= 0.6 is 0 Å². The van der Waals surface area contributed by atoms with Crippen molar-refractivity contribution in [2.75, 3.05) is 23.3 Å². The Morgan fingerprint density at radius 1 is 1.06 bits per heavy atom. The van der Waals surface area contributed by atoms with Crippen LogP contribution in [0.5, 0.6) is 0 Å². The standard InChI is InChI=1S/C23H24N6O3/c1-16-14-21(27-22(24-16)17-6-5-9-20(15-17)29(31)32)28-12-10-19(11-13-28)26-23(30)25-18-7-3-2-4-8-18/h2-9,14-15,19H,10-13H2,1H3,(H2,25,26,30). The van der Waals surface area contributed by atoms with Crippen LogP contribution in [0.4, 0.5) is 22.0 Å². The van der Waals surface area contributed by atoms with Crippen LogP contribution in [0.15, 0.2) is 60.7 Å². The van der Waals surface area contributed by atoms with E-state index in [2.05, 4.69) is 25.5 Å². The van der Waals surface area contributed by atoms with Gasteiger partial charge in [-0.05, 0) is 31.9 Å². The third-order valence-electron chi connectivity index (χ3n) is 5.34. The van der Waals surface area contributed by atoms with Gasteiger partial charge in [0.05, 0.1) is 4.92 Å². The number of piperidine rings is 1. The van der Waals surface area contributed by atoms with Crippen LogP contribution < -0.4 is 15.5 Å². The second-order valence-corrected chi connectivity index (χ2v) is 7.72. The molecule has 32 heavy (non-hydrogen) atoms. The van der Waals surface area contributed by atoms with Crippen LogP contribution in [0, 0.1) is 17.0 Å². The third-order valence-corrected chi connectivity index (χ3v) is 5.34. The molecule has 1 aliphatic rings. The van der Waals surface area contributed by atoms with E-state index >= 15 is 0 Å². The highest BCUT2D eigenvalue weighted by atomic mass is 16.6. The number of hydrogen-bond acceptors (Lipinski definition) is 6. The summed E-state index contributed by atoms with van der Waals surface area (Å²) in [4.78, 5) is 34.2. The van der Waals surface area contributed by atoms with E-state index < -0.39 is 4.92 Å². The number of non-ortho nitro benzene ring substituents is 1. The molecule has 2 heterocycles. The van der Waals surface area contributed by atoms with Crippen molar-refractivity contribution < 1.29 is 9.72 Å². The fourth-order valence-electron chi connectivity index (χ4n) is 3.73. The number of amides is 2. The zero-order valence-corrected chi connectivity index (χ0v) is 17.7. The molecule has 2 amide bonds. The number of rotatable bonds is 5. The second-order valence-electron chi connectivity index (χ2n) is 7.72. The van der Waals surface area contributed by atoms with Crippen molar-refractivity contribution >= 4 is 23.2 Å². The molecular weight excluding hydrogens is 408 g/mol. The summed E-state index contributed by atoms with van der Waals surface area (Å²) in [6.45, 7) is 3.36. The maximum absolute atomic E-state index is 12.2. The largest absolute Gasteiger partial charge is 0.356 e. The third kappa shape index (κ3) is 5.18. The Morgan fingerprint density at radius 2 is 1.81 bits per heavy atom. The molecule has 0 radical (unpaired) electrons. The molecule has 2 N–H and O–H groups in total. The summed E-state index contributed by atoms with van der Waals surface area (Å²) in [5.41, 5.74) is 2.17. The van der Waals surface area contributed by atoms with Gasteiger partial charge in [0.2, 0.25) is 0 Å². The van der Waals surface area contributed by atoms with Crippen LogP contribution in [0.3, 0.4) is 0 Å². The van der Waals surface area contributed by atoms with Crippen LogP contribution in [0.25, 0.3) is 11.4 Å². The van der Waals surface area contributed by atoms with Gasteiger partial charge < -0.3 is 15.5 Å². The fraction of sp³-hybridized carbons (Fsp3) is 0.261.